The summed E-state index contributed by atoms with van der Waals surface area (Å²) in [7, 11) is 0. The van der Waals surface area contributed by atoms with E-state index in [2.05, 4.69) is 20.4 Å². The van der Waals surface area contributed by atoms with Gasteiger partial charge in [0.05, 0.1) is 28.3 Å². The number of halogens is 5. The van der Waals surface area contributed by atoms with Crippen molar-refractivity contribution in [3.8, 4) is 17.1 Å². The molecule has 1 fully saturated rings. The summed E-state index contributed by atoms with van der Waals surface area (Å²) >= 11 is 11.9. The molecule has 2 heterocycles. The number of aromatic nitrogens is 2. The smallest absolute Gasteiger partial charge is 0.434 e. The highest BCUT2D eigenvalue weighted by atomic mass is 35.5. The molecule has 4 rings (SSSR count). The molecule has 1 saturated heterocycles. The van der Waals surface area contributed by atoms with E-state index >= 15 is 0 Å². The largest absolute Gasteiger partial charge is 0.493 e. The predicted octanol–water partition coefficient (Wildman–Crippen LogP) is 6.74. The number of aryl methyl sites for hydroxylation is 1. The molecule has 0 radical (unpaired) electrons. The Labute approximate surface area is 271 Å². The number of nitrogens with zero attached hydrogens (tertiary/aromatic N) is 4. The summed E-state index contributed by atoms with van der Waals surface area (Å²) in [6, 6.07) is 7.18. The number of aliphatic hydroxyl groups is 1. The number of nitrogens with one attached hydrogen (secondary N) is 1. The van der Waals surface area contributed by atoms with E-state index in [1.165, 1.54) is 11.0 Å². The molecule has 0 aliphatic carbocycles. The number of alkyl carbamates (subject to hydrolysis) is 1. The van der Waals surface area contributed by atoms with Gasteiger partial charge in [-0.3, -0.25) is 5.32 Å². The normalized spacial score (nSPS) is 17.2. The minimum Gasteiger partial charge on any atom is -0.493 e. The first-order valence-electron chi connectivity index (χ1n) is 13.9. The van der Waals surface area contributed by atoms with Crippen LogP contribution in [0, 0.1) is 0 Å². The molecule has 46 heavy (non-hydrogen) atoms. The number of carbonyl (C=O) groups is 2. The molecular formula is C29H30Cl2F3N5O7. The van der Waals surface area contributed by atoms with Crippen LogP contribution >= 0.6 is 23.2 Å². The third-order valence-electron chi connectivity index (χ3n) is 6.54. The predicted molar refractivity (Wildman–Crippen MR) is 160 cm³/mol. The number of hydrogen-bond acceptors (Lipinski definition) is 8. The molecule has 12 nitrogen and oxygen atoms in total. The van der Waals surface area contributed by atoms with Gasteiger partial charge in [0, 0.05) is 12.1 Å². The zero-order valence-electron chi connectivity index (χ0n) is 24.8. The first-order valence-corrected chi connectivity index (χ1v) is 14.7. The van der Waals surface area contributed by atoms with Gasteiger partial charge in [0.1, 0.15) is 17.4 Å². The van der Waals surface area contributed by atoms with Crippen LogP contribution in [-0.2, 0) is 17.3 Å². The van der Waals surface area contributed by atoms with Gasteiger partial charge in [-0.1, -0.05) is 34.4 Å². The molecule has 2 amide bonds. The van der Waals surface area contributed by atoms with Crippen LogP contribution in [0.25, 0.3) is 11.4 Å². The van der Waals surface area contributed by atoms with Crippen molar-refractivity contribution in [2.75, 3.05) is 13.2 Å². The van der Waals surface area contributed by atoms with Gasteiger partial charge in [0.15, 0.2) is 0 Å². The van der Waals surface area contributed by atoms with Crippen molar-refractivity contribution in [2.45, 2.75) is 64.0 Å². The van der Waals surface area contributed by atoms with Gasteiger partial charge in [-0.05, 0) is 75.9 Å². The Balaban J connectivity index is 1.53. The van der Waals surface area contributed by atoms with Crippen molar-refractivity contribution in [1.82, 2.24) is 20.4 Å². The van der Waals surface area contributed by atoms with Crippen LogP contribution in [-0.4, -0.2) is 68.3 Å². The lowest BCUT2D eigenvalue weighted by Crippen LogP contribution is -2.47. The Morgan fingerprint density at radius 3 is 2.54 bits per heavy atom. The second-order valence-corrected chi connectivity index (χ2v) is 12.0. The number of amides is 2. The van der Waals surface area contributed by atoms with E-state index < -0.39 is 53.4 Å². The highest BCUT2D eigenvalue weighted by Gasteiger charge is 2.41. The number of likely N-dealkylation sites (tertiary alicyclic amines) is 1. The maximum atomic E-state index is 14.0. The summed E-state index contributed by atoms with van der Waals surface area (Å²) in [6.45, 7) is 4.81. The van der Waals surface area contributed by atoms with E-state index in [-0.39, 0.29) is 36.9 Å². The molecule has 0 saturated carbocycles. The lowest BCUT2D eigenvalue weighted by molar-refractivity contribution is -0.138. The van der Waals surface area contributed by atoms with Gasteiger partial charge in [0.25, 0.3) is 5.89 Å². The quantitative estimate of drug-likeness (QED) is 0.138. The fraction of sp³-hybridized carbons (Fsp3) is 0.414. The van der Waals surface area contributed by atoms with Gasteiger partial charge in [-0.15, -0.1) is 4.99 Å². The lowest BCUT2D eigenvalue weighted by atomic mass is 10.1. The van der Waals surface area contributed by atoms with Gasteiger partial charge in [-0.25, -0.2) is 9.59 Å². The lowest BCUT2D eigenvalue weighted by Gasteiger charge is -2.27. The Kier molecular flexibility index (Phi) is 10.7. The Hall–Kier alpha value is -4.08. The summed E-state index contributed by atoms with van der Waals surface area (Å²) < 4.78 is 58.1. The maximum Gasteiger partial charge on any atom is 0.434 e. The third-order valence-corrected chi connectivity index (χ3v) is 7.28. The highest BCUT2D eigenvalue weighted by Crippen LogP contribution is 2.39. The molecule has 0 unspecified atom stereocenters. The average molecular weight is 688 g/mol. The van der Waals surface area contributed by atoms with Gasteiger partial charge in [0.2, 0.25) is 11.8 Å². The summed E-state index contributed by atoms with van der Waals surface area (Å²) in [5.74, 6) is -1.35. The number of alkyl halides is 3. The zero-order valence-corrected chi connectivity index (χ0v) is 26.3. The van der Waals surface area contributed by atoms with Crippen LogP contribution in [0.3, 0.4) is 0 Å². The first kappa shape index (κ1) is 34.8. The summed E-state index contributed by atoms with van der Waals surface area (Å²) in [5, 5.41) is 26.8. The van der Waals surface area contributed by atoms with Crippen LogP contribution in [0.5, 0.6) is 5.75 Å². The number of rotatable bonds is 7. The Morgan fingerprint density at radius 1 is 1.15 bits per heavy atom. The van der Waals surface area contributed by atoms with E-state index in [1.807, 2.05) is 0 Å². The fourth-order valence-electron chi connectivity index (χ4n) is 4.60. The van der Waals surface area contributed by atoms with E-state index in [0.717, 1.165) is 17.7 Å². The van der Waals surface area contributed by atoms with Crippen molar-refractivity contribution in [1.29, 1.82) is 0 Å². The molecule has 1 aromatic heterocycles. The topological polar surface area (TPSA) is 160 Å². The van der Waals surface area contributed by atoms with E-state index in [4.69, 9.17) is 37.2 Å². The van der Waals surface area contributed by atoms with Gasteiger partial charge < -0.3 is 29.1 Å². The maximum absolute atomic E-state index is 14.0. The van der Waals surface area contributed by atoms with E-state index in [9.17, 15) is 33.0 Å². The zero-order chi connectivity index (χ0) is 33.8. The first-order chi connectivity index (χ1) is 21.5. The number of carbonyl (C=O) groups excluding carboxylic acids is 1. The average Bonchev–Trinajstić information content (AvgIpc) is 3.57. The van der Waals surface area contributed by atoms with Crippen LogP contribution in [0.1, 0.15) is 56.7 Å². The number of carboxylic acid groups (broad SMARTS) is 1. The molecule has 0 bridgehead atoms. The molecule has 0 spiro atoms. The Morgan fingerprint density at radius 2 is 1.89 bits per heavy atom. The van der Waals surface area contributed by atoms with Gasteiger partial charge in [-0.2, -0.15) is 18.2 Å². The summed E-state index contributed by atoms with van der Waals surface area (Å²) in [4.78, 5) is 32.6. The fourth-order valence-corrected chi connectivity index (χ4v) is 4.92. The minimum absolute atomic E-state index is 0.0119. The molecule has 3 N–H and O–H groups in total. The molecular weight excluding hydrogens is 658 g/mol. The molecule has 3 aromatic rings. The number of ether oxygens (including phenoxy) is 2. The second-order valence-electron chi connectivity index (χ2n) is 11.2. The third kappa shape index (κ3) is 9.01. The SMILES string of the molecule is CC(C)(C)OC(=O)N/C(=N\C(=O)O)N1CC[C@H](O)[C@H]1c1nc(-c2ccc(OCCCc3ccc(Cl)c(Cl)c3)c(C(F)(F)F)c2)no1. The van der Waals surface area contributed by atoms with E-state index in [0.29, 0.717) is 22.9 Å². The summed E-state index contributed by atoms with van der Waals surface area (Å²) in [5.41, 5.74) is -1.18. The molecule has 2 aromatic carbocycles. The highest BCUT2D eigenvalue weighted by molar-refractivity contribution is 6.42. The van der Waals surface area contributed by atoms with Crippen molar-refractivity contribution in [2.24, 2.45) is 4.99 Å². The number of aliphatic imine (C=N–C) groups is 1. The van der Waals surface area contributed by atoms with Crippen molar-refractivity contribution in [3.05, 3.63) is 63.5 Å². The van der Waals surface area contributed by atoms with Crippen molar-refractivity contribution in [3.63, 3.8) is 0 Å². The summed E-state index contributed by atoms with van der Waals surface area (Å²) in [6.07, 6.45) is -7.62. The molecule has 248 valence electrons. The molecule has 2 atom stereocenters. The number of aliphatic hydroxyl groups excluding tert-OH is 1. The van der Waals surface area contributed by atoms with Crippen LogP contribution in [0.2, 0.25) is 10.0 Å². The van der Waals surface area contributed by atoms with Crippen LogP contribution in [0.4, 0.5) is 22.8 Å². The number of hydrogen-bond donors (Lipinski definition) is 3. The van der Waals surface area contributed by atoms with Crippen molar-refractivity contribution >= 4 is 41.3 Å². The molecule has 17 heteroatoms. The Bertz CT molecular complexity index is 1610. The number of benzene rings is 2. The van der Waals surface area contributed by atoms with Crippen LogP contribution in [0.15, 0.2) is 45.9 Å². The monoisotopic (exact) mass is 687 g/mol. The van der Waals surface area contributed by atoms with Crippen LogP contribution < -0.4 is 10.1 Å². The van der Waals surface area contributed by atoms with E-state index in [1.54, 1.807) is 39.0 Å². The van der Waals surface area contributed by atoms with Crippen molar-refractivity contribution < 1.29 is 47.0 Å². The number of guanidine groups is 1. The second kappa shape index (κ2) is 14.1. The standard InChI is InChI=1S/C29H30Cl2F3N5O7/c1-28(2,3)45-27(43)37-25(36-26(41)42)39-11-10-20(40)22(39)24-35-23(38-46-24)16-7-9-21(17(14-16)29(32,33)34)44-12-4-5-15-6-8-18(30)19(31)13-15/h6-9,13-14,20,22,40H,4-5,10-12H2,1-3H3,(H,41,42)(H,36,37,43)/t20-,22-/m0/s1. The molecule has 1 aliphatic rings. The minimum atomic E-state index is -4.78. The van der Waals surface area contributed by atoms with Gasteiger partial charge >= 0.3 is 18.4 Å². The molecule has 1 aliphatic heterocycles.